The van der Waals surface area contributed by atoms with E-state index in [2.05, 4.69) is 4.90 Å². The molecule has 0 spiro atoms. The summed E-state index contributed by atoms with van der Waals surface area (Å²) in [7, 11) is 2.05. The van der Waals surface area contributed by atoms with Gasteiger partial charge in [0.2, 0.25) is 0 Å². The molecular formula is C14H24N2O3. The Hall–Kier alpha value is -0.650. The predicted molar refractivity (Wildman–Crippen MR) is 70.9 cm³/mol. The molecule has 0 aromatic rings. The summed E-state index contributed by atoms with van der Waals surface area (Å²) in [5.41, 5.74) is 0. The van der Waals surface area contributed by atoms with Gasteiger partial charge in [-0.2, -0.15) is 0 Å². The quantitative estimate of drug-likeness (QED) is 0.694. The molecule has 1 amide bonds. The lowest BCUT2D eigenvalue weighted by atomic mass is 9.90. The molecule has 19 heavy (non-hydrogen) atoms. The summed E-state index contributed by atoms with van der Waals surface area (Å²) >= 11 is 0. The van der Waals surface area contributed by atoms with Crippen molar-refractivity contribution in [3.05, 3.63) is 0 Å². The van der Waals surface area contributed by atoms with Gasteiger partial charge < -0.3 is 19.3 Å². The van der Waals surface area contributed by atoms with Crippen molar-refractivity contribution >= 4 is 5.91 Å². The molecule has 0 aromatic carbocycles. The number of carbonyl (C=O) groups is 1. The van der Waals surface area contributed by atoms with Crippen LogP contribution in [-0.2, 0) is 14.3 Å². The lowest BCUT2D eigenvalue weighted by molar-refractivity contribution is -0.165. The third kappa shape index (κ3) is 2.78. The minimum absolute atomic E-state index is 0.173. The van der Waals surface area contributed by atoms with Crippen LogP contribution in [0.1, 0.15) is 25.7 Å². The van der Waals surface area contributed by atoms with Gasteiger partial charge in [0.15, 0.2) is 0 Å². The Kier molecular flexibility index (Phi) is 4.05. The number of amides is 1. The zero-order chi connectivity index (χ0) is 13.2. The number of nitrogens with zero attached hydrogens (tertiary/aromatic N) is 2. The Balaban J connectivity index is 1.67. The first-order valence-corrected chi connectivity index (χ1v) is 7.48. The van der Waals surface area contributed by atoms with Gasteiger partial charge in [-0.1, -0.05) is 12.8 Å². The summed E-state index contributed by atoms with van der Waals surface area (Å²) in [5.74, 6) is 0.173. The van der Waals surface area contributed by atoms with E-state index in [4.69, 9.17) is 9.47 Å². The van der Waals surface area contributed by atoms with Crippen molar-refractivity contribution in [3.8, 4) is 0 Å². The van der Waals surface area contributed by atoms with E-state index in [1.165, 1.54) is 12.8 Å². The van der Waals surface area contributed by atoms with Crippen molar-refractivity contribution < 1.29 is 14.3 Å². The van der Waals surface area contributed by atoms with E-state index in [9.17, 15) is 4.79 Å². The second kappa shape index (κ2) is 5.77. The van der Waals surface area contributed by atoms with E-state index >= 15 is 0 Å². The zero-order valence-electron chi connectivity index (χ0n) is 11.7. The fraction of sp³-hybridized carbons (Fsp3) is 0.929. The smallest absolute Gasteiger partial charge is 0.253 e. The first-order valence-electron chi connectivity index (χ1n) is 7.48. The largest absolute Gasteiger partial charge is 0.374 e. The maximum absolute atomic E-state index is 12.7. The lowest BCUT2D eigenvalue weighted by Crippen LogP contribution is -2.59. The SMILES string of the molecule is CN1CCO[C@H](C(=O)N2CCO[C@H]3CCCC[C@H]32)C1. The Bertz CT molecular complexity index is 335. The van der Waals surface area contributed by atoms with Crippen LogP contribution in [0.2, 0.25) is 0 Å². The molecule has 3 atom stereocenters. The average molecular weight is 268 g/mol. The van der Waals surface area contributed by atoms with E-state index in [0.717, 1.165) is 25.9 Å². The van der Waals surface area contributed by atoms with E-state index in [0.29, 0.717) is 19.8 Å². The fourth-order valence-electron chi connectivity index (χ4n) is 3.48. The topological polar surface area (TPSA) is 42.0 Å². The van der Waals surface area contributed by atoms with Gasteiger partial charge in [0.05, 0.1) is 25.4 Å². The van der Waals surface area contributed by atoms with Crippen LogP contribution in [0.15, 0.2) is 0 Å². The number of ether oxygens (including phenoxy) is 2. The van der Waals surface area contributed by atoms with Crippen LogP contribution in [0.4, 0.5) is 0 Å². The van der Waals surface area contributed by atoms with E-state index in [1.54, 1.807) is 0 Å². The molecule has 1 aliphatic carbocycles. The standard InChI is InChI=1S/C14H24N2O3/c1-15-6-8-19-13(10-15)14(17)16-7-9-18-12-5-3-2-4-11(12)16/h11-13H,2-10H2,1H3/t11-,12+,13+/m1/s1. The summed E-state index contributed by atoms with van der Waals surface area (Å²) in [4.78, 5) is 16.9. The molecule has 5 heteroatoms. The van der Waals surface area contributed by atoms with Crippen molar-refractivity contribution in [2.75, 3.05) is 39.9 Å². The Morgan fingerprint density at radius 1 is 1.11 bits per heavy atom. The van der Waals surface area contributed by atoms with Gasteiger partial charge in [0.25, 0.3) is 5.91 Å². The van der Waals surface area contributed by atoms with E-state index < -0.39 is 0 Å². The Morgan fingerprint density at radius 2 is 1.89 bits per heavy atom. The van der Waals surface area contributed by atoms with Crippen LogP contribution in [-0.4, -0.2) is 73.9 Å². The minimum atomic E-state index is -0.278. The van der Waals surface area contributed by atoms with Gasteiger partial charge in [-0.15, -0.1) is 0 Å². The molecule has 0 aromatic heterocycles. The maximum atomic E-state index is 12.7. The molecule has 0 bridgehead atoms. The summed E-state index contributed by atoms with van der Waals surface area (Å²) in [6.07, 6.45) is 4.59. The number of likely N-dealkylation sites (N-methyl/N-ethyl adjacent to an activating group) is 1. The Morgan fingerprint density at radius 3 is 2.74 bits per heavy atom. The third-order valence-corrected chi connectivity index (χ3v) is 4.56. The van der Waals surface area contributed by atoms with Crippen molar-refractivity contribution in [3.63, 3.8) is 0 Å². The van der Waals surface area contributed by atoms with Crippen LogP contribution in [0.5, 0.6) is 0 Å². The second-order valence-electron chi connectivity index (χ2n) is 5.91. The molecule has 0 radical (unpaired) electrons. The monoisotopic (exact) mass is 268 g/mol. The van der Waals surface area contributed by atoms with Gasteiger partial charge >= 0.3 is 0 Å². The number of morpholine rings is 2. The second-order valence-corrected chi connectivity index (χ2v) is 5.91. The average Bonchev–Trinajstić information content (AvgIpc) is 2.46. The summed E-state index contributed by atoms with van der Waals surface area (Å²) in [6, 6.07) is 0.283. The summed E-state index contributed by atoms with van der Waals surface area (Å²) < 4.78 is 11.5. The number of fused-ring (bicyclic) bond motifs is 1. The highest BCUT2D eigenvalue weighted by Gasteiger charge is 2.39. The van der Waals surface area contributed by atoms with Gasteiger partial charge in [0.1, 0.15) is 6.10 Å². The minimum Gasteiger partial charge on any atom is -0.374 e. The van der Waals surface area contributed by atoms with Gasteiger partial charge in [-0.25, -0.2) is 0 Å². The van der Waals surface area contributed by atoms with Crippen LogP contribution in [0, 0.1) is 0 Å². The van der Waals surface area contributed by atoms with Gasteiger partial charge in [-0.05, 0) is 19.9 Å². The first kappa shape index (κ1) is 13.3. The van der Waals surface area contributed by atoms with Crippen molar-refractivity contribution in [2.45, 2.75) is 43.9 Å². The summed E-state index contributed by atoms with van der Waals surface area (Å²) in [6.45, 7) is 3.69. The van der Waals surface area contributed by atoms with Crippen LogP contribution < -0.4 is 0 Å². The predicted octanol–water partition coefficient (Wildman–Crippen LogP) is 0.487. The maximum Gasteiger partial charge on any atom is 0.253 e. The number of carbonyl (C=O) groups excluding carboxylic acids is 1. The molecule has 2 saturated heterocycles. The third-order valence-electron chi connectivity index (χ3n) is 4.56. The van der Waals surface area contributed by atoms with E-state index in [1.807, 2.05) is 11.9 Å². The number of hydrogen-bond donors (Lipinski definition) is 0. The molecular weight excluding hydrogens is 244 g/mol. The highest BCUT2D eigenvalue weighted by Crippen LogP contribution is 2.29. The van der Waals surface area contributed by atoms with Crippen LogP contribution in [0.3, 0.4) is 0 Å². The number of rotatable bonds is 1. The molecule has 5 nitrogen and oxygen atoms in total. The highest BCUT2D eigenvalue weighted by molar-refractivity contribution is 5.81. The molecule has 3 fully saturated rings. The molecule has 108 valence electrons. The van der Waals surface area contributed by atoms with Gasteiger partial charge in [-0.3, -0.25) is 4.79 Å². The molecule has 0 N–H and O–H groups in total. The molecule has 3 rings (SSSR count). The molecule has 2 aliphatic heterocycles. The van der Waals surface area contributed by atoms with Crippen LogP contribution >= 0.6 is 0 Å². The molecule has 0 unspecified atom stereocenters. The van der Waals surface area contributed by atoms with Crippen LogP contribution in [0.25, 0.3) is 0 Å². The molecule has 1 saturated carbocycles. The van der Waals surface area contributed by atoms with Gasteiger partial charge in [0, 0.05) is 19.6 Å². The van der Waals surface area contributed by atoms with Crippen molar-refractivity contribution in [1.29, 1.82) is 0 Å². The van der Waals surface area contributed by atoms with Crippen molar-refractivity contribution in [1.82, 2.24) is 9.80 Å². The zero-order valence-corrected chi connectivity index (χ0v) is 11.7. The molecule has 2 heterocycles. The Labute approximate surface area is 114 Å². The van der Waals surface area contributed by atoms with Crippen molar-refractivity contribution in [2.24, 2.45) is 0 Å². The normalized spacial score (nSPS) is 36.9. The fourth-order valence-corrected chi connectivity index (χ4v) is 3.48. The lowest BCUT2D eigenvalue weighted by Gasteiger charge is -2.45. The first-order chi connectivity index (χ1) is 9.25. The number of hydrogen-bond acceptors (Lipinski definition) is 4. The van der Waals surface area contributed by atoms with E-state index in [-0.39, 0.29) is 24.2 Å². The highest BCUT2D eigenvalue weighted by atomic mass is 16.5. The molecule has 3 aliphatic rings. The summed E-state index contributed by atoms with van der Waals surface area (Å²) in [5, 5.41) is 0.